The Bertz CT molecular complexity index is 1730. The van der Waals surface area contributed by atoms with E-state index in [1.54, 1.807) is 6.92 Å². The summed E-state index contributed by atoms with van der Waals surface area (Å²) in [6.45, 7) is 1.54. The quantitative estimate of drug-likeness (QED) is 0.379. The lowest BCUT2D eigenvalue weighted by Gasteiger charge is -2.30. The smallest absolute Gasteiger partial charge is 0.410 e. The van der Waals surface area contributed by atoms with Gasteiger partial charge < -0.3 is 25.0 Å². The number of ether oxygens (including phenoxy) is 2. The zero-order valence-corrected chi connectivity index (χ0v) is 28.7. The lowest BCUT2D eigenvalue weighted by molar-refractivity contribution is -0.155. The lowest BCUT2D eigenvalue weighted by Crippen LogP contribution is -2.58. The molecule has 1 aromatic rings. The first kappa shape index (κ1) is 36.4. The number of amides is 5. The van der Waals surface area contributed by atoms with Crippen LogP contribution in [-0.2, 0) is 47.0 Å². The minimum Gasteiger partial charge on any atom is -0.450 e. The van der Waals surface area contributed by atoms with Crippen molar-refractivity contribution in [3.8, 4) is 0 Å². The summed E-state index contributed by atoms with van der Waals surface area (Å²) in [5.41, 5.74) is 1.03. The van der Waals surface area contributed by atoms with E-state index in [1.165, 1.54) is 4.90 Å². The number of nitrogens with one attached hydrogen (secondary N) is 3. The first-order valence-corrected chi connectivity index (χ1v) is 18.6. The maximum absolute atomic E-state index is 14.0. The van der Waals surface area contributed by atoms with Crippen LogP contribution in [0.15, 0.2) is 24.3 Å². The number of allylic oxidation sites excluding steroid dienone is 1. The number of alkyl halides is 3. The minimum atomic E-state index is -4.92. The summed E-state index contributed by atoms with van der Waals surface area (Å²) in [6.07, 6.45) is -4.44. The number of carbonyl (C=O) groups excluding carboxylic acids is 5. The highest BCUT2D eigenvalue weighted by atomic mass is 32.2. The number of halogens is 3. The van der Waals surface area contributed by atoms with Gasteiger partial charge in [0.15, 0.2) is 0 Å². The first-order valence-electron chi connectivity index (χ1n) is 17.0. The van der Waals surface area contributed by atoms with Gasteiger partial charge in [-0.25, -0.2) is 18.0 Å². The van der Waals surface area contributed by atoms with E-state index in [9.17, 15) is 45.6 Å². The molecule has 51 heavy (non-hydrogen) atoms. The van der Waals surface area contributed by atoms with Gasteiger partial charge in [-0.15, -0.1) is 0 Å². The normalized spacial score (nSPS) is 29.1. The van der Waals surface area contributed by atoms with Crippen molar-refractivity contribution >= 4 is 46.0 Å². The van der Waals surface area contributed by atoms with Crippen LogP contribution in [0, 0.1) is 5.92 Å². The van der Waals surface area contributed by atoms with Crippen LogP contribution in [0.3, 0.4) is 0 Å². The Balaban J connectivity index is 1.27. The molecule has 0 radical (unpaired) electrons. The molecule has 5 amide bonds. The van der Waals surface area contributed by atoms with E-state index < -0.39 is 94.0 Å². The van der Waals surface area contributed by atoms with Crippen LogP contribution in [0.4, 0.5) is 22.8 Å². The predicted molar refractivity (Wildman–Crippen MR) is 173 cm³/mol. The highest BCUT2D eigenvalue weighted by Gasteiger charge is 2.62. The number of cyclic esters (lactones) is 1. The number of hydrogen-bond acceptors (Lipinski definition) is 9. The van der Waals surface area contributed by atoms with Crippen molar-refractivity contribution in [3.05, 3.63) is 41.0 Å². The van der Waals surface area contributed by atoms with Crippen molar-refractivity contribution in [1.29, 1.82) is 0 Å². The fourth-order valence-electron chi connectivity index (χ4n) is 7.01. The number of sulfonamides is 1. The van der Waals surface area contributed by atoms with Gasteiger partial charge in [0.25, 0.3) is 5.91 Å². The molecule has 3 N–H and O–H groups in total. The fraction of sp³-hybridized carbons (Fsp3) is 0.606. The molecular weight excluding hydrogens is 699 g/mol. The van der Waals surface area contributed by atoms with E-state index in [1.807, 2.05) is 35.7 Å². The molecule has 1 aromatic carbocycles. The number of hydrogen-bond donors (Lipinski definition) is 3. The SMILES string of the molecule is CC[C@@H]1C[C@]1(NC(=O)[C@@H]1C[C@@H]2CN1C(=O)[C@H](CC(F)(F)F)NC(=O)OCCC/C=C/c1cccc3c1CN(C3)C(=O)O2)C(=O)NS(=O)(=O)C1CC1. The van der Waals surface area contributed by atoms with Gasteiger partial charge in [0.2, 0.25) is 21.8 Å². The highest BCUT2D eigenvalue weighted by Crippen LogP contribution is 2.47. The molecule has 18 heteroatoms. The number of rotatable bonds is 7. The van der Waals surface area contributed by atoms with Crippen molar-refractivity contribution in [2.45, 2.75) is 107 Å². The van der Waals surface area contributed by atoms with Crippen LogP contribution in [0.1, 0.15) is 75.0 Å². The van der Waals surface area contributed by atoms with Gasteiger partial charge in [0, 0.05) is 13.0 Å². The number of fused-ring (bicyclic) bond motifs is 3. The molecule has 14 nitrogen and oxygen atoms in total. The van der Waals surface area contributed by atoms with Gasteiger partial charge in [-0.3, -0.25) is 24.0 Å². The molecule has 0 aromatic heterocycles. The van der Waals surface area contributed by atoms with Crippen LogP contribution in [0.2, 0.25) is 0 Å². The van der Waals surface area contributed by atoms with Gasteiger partial charge >= 0.3 is 18.4 Å². The van der Waals surface area contributed by atoms with Crippen LogP contribution < -0.4 is 15.4 Å². The Morgan fingerprint density at radius 2 is 1.90 bits per heavy atom. The fourth-order valence-corrected chi connectivity index (χ4v) is 8.38. The van der Waals surface area contributed by atoms with Gasteiger partial charge in [-0.1, -0.05) is 43.7 Å². The largest absolute Gasteiger partial charge is 0.450 e. The van der Waals surface area contributed by atoms with Crippen molar-refractivity contribution in [3.63, 3.8) is 0 Å². The molecule has 6 rings (SSSR count). The van der Waals surface area contributed by atoms with Gasteiger partial charge in [0.1, 0.15) is 23.7 Å². The Morgan fingerprint density at radius 1 is 1.14 bits per heavy atom. The highest BCUT2D eigenvalue weighted by molar-refractivity contribution is 7.91. The summed E-state index contributed by atoms with van der Waals surface area (Å²) >= 11 is 0. The van der Waals surface area contributed by atoms with Crippen molar-refractivity contribution in [1.82, 2.24) is 25.2 Å². The zero-order valence-electron chi connectivity index (χ0n) is 27.9. The average Bonchev–Trinajstić information content (AvgIpc) is 3.95. The van der Waals surface area contributed by atoms with Crippen LogP contribution in [-0.4, -0.2) is 96.4 Å². The maximum atomic E-state index is 14.0. The second-order valence-electron chi connectivity index (χ2n) is 13.7. The second kappa shape index (κ2) is 14.0. The lowest BCUT2D eigenvalue weighted by atomic mass is 10.0. The standard InChI is InChI=1S/C33H40F3N5O9S/c1-2-21-14-32(21,29(44)39-51(47,48)23-10-11-23)38-27(42)26-13-22-17-41(26)28(43)25(15-33(34,35)36)37-30(45)49-12-5-3-4-7-19-8-6-9-20-16-40(18-24(19)20)31(46)50-22/h4,6-9,21-23,25-26H,2-3,5,10-18H2,1H3,(H,37,45)(H,38,42)(H,39,44)/b7-4+/t21-,22-,25+,26+,32-/m1/s1. The minimum absolute atomic E-state index is 0.0944. The molecule has 0 unspecified atom stereocenters. The first-order chi connectivity index (χ1) is 24.1. The van der Waals surface area contributed by atoms with Crippen LogP contribution in [0.25, 0.3) is 6.08 Å². The molecule has 2 aliphatic carbocycles. The number of benzene rings is 1. The topological polar surface area (TPSA) is 181 Å². The van der Waals surface area contributed by atoms with E-state index in [-0.39, 0.29) is 32.5 Å². The van der Waals surface area contributed by atoms with E-state index >= 15 is 0 Å². The summed E-state index contributed by atoms with van der Waals surface area (Å²) in [7, 11) is -3.98. The van der Waals surface area contributed by atoms with E-state index in [0.29, 0.717) is 32.1 Å². The molecule has 278 valence electrons. The molecule has 5 atom stereocenters. The monoisotopic (exact) mass is 739 g/mol. The molecule has 3 heterocycles. The molecular formula is C33H40F3N5O9S. The second-order valence-corrected chi connectivity index (χ2v) is 15.7. The molecule has 2 saturated carbocycles. The Labute approximate surface area is 292 Å². The molecule has 3 fully saturated rings. The Hall–Kier alpha value is -4.35. The summed E-state index contributed by atoms with van der Waals surface area (Å²) in [5.74, 6) is -3.62. The molecule has 3 aliphatic heterocycles. The third kappa shape index (κ3) is 8.10. The van der Waals surface area contributed by atoms with Crippen molar-refractivity contribution < 1.29 is 55.0 Å². The third-order valence-electron chi connectivity index (χ3n) is 10.0. The average molecular weight is 740 g/mol. The van der Waals surface area contributed by atoms with Crippen molar-refractivity contribution in [2.75, 3.05) is 13.2 Å². The third-order valence-corrected chi connectivity index (χ3v) is 11.8. The maximum Gasteiger partial charge on any atom is 0.410 e. The van der Waals surface area contributed by atoms with Gasteiger partial charge in [0.05, 0.1) is 31.4 Å². The molecule has 0 spiro atoms. The molecule has 4 bridgehead atoms. The van der Waals surface area contributed by atoms with Gasteiger partial charge in [-0.05, 0) is 54.7 Å². The van der Waals surface area contributed by atoms with E-state index in [4.69, 9.17) is 9.47 Å². The Kier molecular flexibility index (Phi) is 10.00. The summed E-state index contributed by atoms with van der Waals surface area (Å²) in [4.78, 5) is 69.4. The van der Waals surface area contributed by atoms with Crippen LogP contribution >= 0.6 is 0 Å². The number of nitrogens with zero attached hydrogens (tertiary/aromatic N) is 2. The summed E-state index contributed by atoms with van der Waals surface area (Å²) in [5, 5.41) is 3.86. The van der Waals surface area contributed by atoms with Crippen molar-refractivity contribution in [2.24, 2.45) is 5.92 Å². The molecule has 5 aliphatic rings. The summed E-state index contributed by atoms with van der Waals surface area (Å²) in [6, 6.07) is 1.88. The summed E-state index contributed by atoms with van der Waals surface area (Å²) < 4.78 is 79.2. The van der Waals surface area contributed by atoms with Crippen LogP contribution in [0.5, 0.6) is 0 Å². The van der Waals surface area contributed by atoms with Gasteiger partial charge in [-0.2, -0.15) is 13.2 Å². The van der Waals surface area contributed by atoms with E-state index in [2.05, 4.69) is 10.0 Å². The number of alkyl carbamates (subject to hydrolysis) is 1. The van der Waals surface area contributed by atoms with E-state index in [0.717, 1.165) is 21.6 Å². The number of carbonyl (C=O) groups is 5. The Morgan fingerprint density at radius 3 is 2.59 bits per heavy atom. The zero-order chi connectivity index (χ0) is 36.7. The predicted octanol–water partition coefficient (Wildman–Crippen LogP) is 2.86. The molecule has 1 saturated heterocycles.